The lowest BCUT2D eigenvalue weighted by Crippen LogP contribution is -2.07. The van der Waals surface area contributed by atoms with Crippen LogP contribution in [0.3, 0.4) is 0 Å². The number of hydrogen-bond donors (Lipinski definition) is 1. The average molecular weight is 244 g/mol. The number of aryl methyl sites for hydroxylation is 2. The normalized spacial score (nSPS) is 10.3. The van der Waals surface area contributed by atoms with E-state index in [1.54, 1.807) is 12.4 Å². The molecule has 2 aromatic heterocycles. The van der Waals surface area contributed by atoms with E-state index >= 15 is 0 Å². The molecule has 0 atom stereocenters. The Balaban J connectivity index is 2.47. The van der Waals surface area contributed by atoms with Crippen LogP contribution in [0.4, 0.5) is 0 Å². The molecule has 0 aromatic carbocycles. The van der Waals surface area contributed by atoms with Gasteiger partial charge < -0.3 is 5.11 Å². The second kappa shape index (κ2) is 4.87. The lowest BCUT2D eigenvalue weighted by Gasteiger charge is -2.04. The van der Waals surface area contributed by atoms with E-state index in [9.17, 15) is 4.79 Å². The van der Waals surface area contributed by atoms with Crippen LogP contribution in [-0.2, 0) is 6.42 Å². The molecule has 0 fully saturated rings. The second-order valence-corrected chi connectivity index (χ2v) is 3.80. The molecular formula is C12H12N4O2. The third-order valence-corrected chi connectivity index (χ3v) is 2.41. The molecule has 2 rings (SSSR count). The largest absolute Gasteiger partial charge is 0.478 e. The summed E-state index contributed by atoms with van der Waals surface area (Å²) in [6.07, 6.45) is 5.15. The van der Waals surface area contributed by atoms with Gasteiger partial charge in [-0.3, -0.25) is 0 Å². The van der Waals surface area contributed by atoms with Crippen LogP contribution >= 0.6 is 0 Å². The Morgan fingerprint density at radius 1 is 1.17 bits per heavy atom. The molecule has 0 unspecified atom stereocenters. The van der Waals surface area contributed by atoms with Crippen LogP contribution in [0, 0.1) is 6.92 Å². The van der Waals surface area contributed by atoms with Crippen LogP contribution in [0.1, 0.15) is 28.5 Å². The third-order valence-electron chi connectivity index (χ3n) is 2.41. The van der Waals surface area contributed by atoms with Gasteiger partial charge in [-0.25, -0.2) is 24.7 Å². The van der Waals surface area contributed by atoms with E-state index in [1.807, 2.05) is 13.8 Å². The van der Waals surface area contributed by atoms with Crippen molar-refractivity contribution in [2.24, 2.45) is 0 Å². The fraction of sp³-hybridized carbons (Fsp3) is 0.250. The zero-order valence-electron chi connectivity index (χ0n) is 10.1. The molecule has 0 saturated carbocycles. The molecule has 0 spiro atoms. The fourth-order valence-electron chi connectivity index (χ4n) is 1.48. The predicted octanol–water partition coefficient (Wildman–Crippen LogP) is 1.50. The van der Waals surface area contributed by atoms with Crippen LogP contribution in [0.25, 0.3) is 11.6 Å². The Kier molecular flexibility index (Phi) is 3.27. The van der Waals surface area contributed by atoms with Crippen molar-refractivity contribution in [3.63, 3.8) is 0 Å². The Morgan fingerprint density at radius 3 is 2.33 bits per heavy atom. The summed E-state index contributed by atoms with van der Waals surface area (Å²) in [5.41, 5.74) is 1.54. The molecule has 2 heterocycles. The van der Waals surface area contributed by atoms with E-state index in [4.69, 9.17) is 5.11 Å². The highest BCUT2D eigenvalue weighted by molar-refractivity contribution is 5.88. The molecule has 18 heavy (non-hydrogen) atoms. The number of rotatable bonds is 3. The molecule has 92 valence electrons. The Labute approximate surface area is 104 Å². The maximum atomic E-state index is 11.0. The van der Waals surface area contributed by atoms with Gasteiger partial charge in [-0.15, -0.1) is 0 Å². The summed E-state index contributed by atoms with van der Waals surface area (Å²) in [4.78, 5) is 27.4. The smallest absolute Gasteiger partial charge is 0.339 e. The van der Waals surface area contributed by atoms with Gasteiger partial charge in [-0.2, -0.15) is 0 Å². The topological polar surface area (TPSA) is 88.9 Å². The maximum Gasteiger partial charge on any atom is 0.339 e. The Bertz CT molecular complexity index is 581. The van der Waals surface area contributed by atoms with E-state index in [-0.39, 0.29) is 5.56 Å². The molecule has 0 aliphatic carbocycles. The van der Waals surface area contributed by atoms with Crippen molar-refractivity contribution in [2.75, 3.05) is 0 Å². The minimum Gasteiger partial charge on any atom is -0.478 e. The van der Waals surface area contributed by atoms with Crippen LogP contribution in [-0.4, -0.2) is 31.0 Å². The van der Waals surface area contributed by atoms with Gasteiger partial charge in [0, 0.05) is 18.6 Å². The summed E-state index contributed by atoms with van der Waals surface area (Å²) in [6, 6.07) is 0. The molecule has 0 aliphatic heterocycles. The number of carboxylic acids is 1. The van der Waals surface area contributed by atoms with Gasteiger partial charge in [-0.05, 0) is 18.9 Å². The molecule has 1 N–H and O–H groups in total. The van der Waals surface area contributed by atoms with E-state index in [1.165, 1.54) is 6.20 Å². The van der Waals surface area contributed by atoms with E-state index in [2.05, 4.69) is 19.9 Å². The lowest BCUT2D eigenvalue weighted by atomic mass is 10.2. The minimum absolute atomic E-state index is 0.119. The van der Waals surface area contributed by atoms with Crippen LogP contribution in [0.2, 0.25) is 0 Å². The van der Waals surface area contributed by atoms with Crippen LogP contribution in [0.5, 0.6) is 0 Å². The summed E-state index contributed by atoms with van der Waals surface area (Å²) in [5.74, 6) is -0.285. The molecule has 0 bridgehead atoms. The average Bonchev–Trinajstić information content (AvgIpc) is 2.38. The number of carbonyl (C=O) groups is 1. The molecule has 0 amide bonds. The van der Waals surface area contributed by atoms with Crippen molar-refractivity contribution in [1.29, 1.82) is 0 Å². The van der Waals surface area contributed by atoms with Gasteiger partial charge in [0.25, 0.3) is 0 Å². The first-order valence-electron chi connectivity index (χ1n) is 5.50. The predicted molar refractivity (Wildman–Crippen MR) is 64.1 cm³/mol. The highest BCUT2D eigenvalue weighted by Gasteiger charge is 2.13. The second-order valence-electron chi connectivity index (χ2n) is 3.80. The first-order valence-corrected chi connectivity index (χ1v) is 5.50. The zero-order chi connectivity index (χ0) is 13.1. The summed E-state index contributed by atoms with van der Waals surface area (Å²) in [5, 5.41) is 8.98. The summed E-state index contributed by atoms with van der Waals surface area (Å²) in [6.45, 7) is 3.73. The summed E-state index contributed by atoms with van der Waals surface area (Å²) < 4.78 is 0. The highest BCUT2D eigenvalue weighted by atomic mass is 16.4. The van der Waals surface area contributed by atoms with Gasteiger partial charge in [0.15, 0.2) is 11.6 Å². The quantitative estimate of drug-likeness (QED) is 0.880. The third kappa shape index (κ3) is 2.32. The van der Waals surface area contributed by atoms with Gasteiger partial charge in [-0.1, -0.05) is 6.92 Å². The lowest BCUT2D eigenvalue weighted by molar-refractivity contribution is 0.0694. The molecule has 6 heteroatoms. The van der Waals surface area contributed by atoms with Gasteiger partial charge >= 0.3 is 5.97 Å². The summed E-state index contributed by atoms with van der Waals surface area (Å²) >= 11 is 0. The molecule has 2 aromatic rings. The Morgan fingerprint density at radius 2 is 1.78 bits per heavy atom. The molecule has 0 aliphatic rings. The first kappa shape index (κ1) is 12.1. The Hall–Kier alpha value is -2.37. The molecular weight excluding hydrogens is 232 g/mol. The molecule has 6 nitrogen and oxygen atoms in total. The van der Waals surface area contributed by atoms with Crippen molar-refractivity contribution in [3.05, 3.63) is 35.4 Å². The van der Waals surface area contributed by atoms with Crippen LogP contribution in [0.15, 0.2) is 18.6 Å². The monoisotopic (exact) mass is 244 g/mol. The van der Waals surface area contributed by atoms with Gasteiger partial charge in [0.05, 0.1) is 11.3 Å². The SMILES string of the molecule is CCc1nc(-c2ncc(C)cn2)ncc1C(=O)O. The number of aromatic nitrogens is 4. The van der Waals surface area contributed by atoms with E-state index in [0.29, 0.717) is 23.8 Å². The standard InChI is InChI=1S/C12H12N4O2/c1-3-9-8(12(17)18)6-15-11(16-9)10-13-4-7(2)5-14-10/h4-6H,3H2,1-2H3,(H,17,18). The maximum absolute atomic E-state index is 11.0. The highest BCUT2D eigenvalue weighted by Crippen LogP contribution is 2.13. The summed E-state index contributed by atoms with van der Waals surface area (Å²) in [7, 11) is 0. The van der Waals surface area contributed by atoms with Crippen molar-refractivity contribution in [1.82, 2.24) is 19.9 Å². The van der Waals surface area contributed by atoms with Crippen molar-refractivity contribution < 1.29 is 9.90 Å². The van der Waals surface area contributed by atoms with Crippen LogP contribution < -0.4 is 0 Å². The van der Waals surface area contributed by atoms with E-state index < -0.39 is 5.97 Å². The minimum atomic E-state index is -1.02. The van der Waals surface area contributed by atoms with Gasteiger partial charge in [0.1, 0.15) is 0 Å². The number of hydrogen-bond acceptors (Lipinski definition) is 5. The zero-order valence-corrected chi connectivity index (χ0v) is 10.1. The van der Waals surface area contributed by atoms with Crippen molar-refractivity contribution in [2.45, 2.75) is 20.3 Å². The van der Waals surface area contributed by atoms with Gasteiger partial charge in [0.2, 0.25) is 0 Å². The number of aromatic carboxylic acids is 1. The molecule has 0 saturated heterocycles. The van der Waals surface area contributed by atoms with Crippen molar-refractivity contribution in [3.8, 4) is 11.6 Å². The van der Waals surface area contributed by atoms with E-state index in [0.717, 1.165) is 5.56 Å². The van der Waals surface area contributed by atoms with Crippen molar-refractivity contribution >= 4 is 5.97 Å². The fourth-order valence-corrected chi connectivity index (χ4v) is 1.48. The first-order chi connectivity index (χ1) is 8.61. The number of nitrogens with zero attached hydrogens (tertiary/aromatic N) is 4. The number of carboxylic acid groups (broad SMARTS) is 1. The molecule has 0 radical (unpaired) electrons.